The van der Waals surface area contributed by atoms with Crippen LogP contribution in [0, 0.1) is 64.9 Å². The smallest absolute Gasteiger partial charge is 0.263 e. The molecule has 2 aromatic rings. The van der Waals surface area contributed by atoms with Gasteiger partial charge in [-0.15, -0.1) is 6.58 Å². The SMILES string of the molecule is C=C[C@@H]1CC(C#N)(C#N)[C@H]2N(S(=O)(=O)c3c(C)cc(C)cc3C)c3ccccc3[C@@]12[N+](=O)[O-]. The summed E-state index contributed by atoms with van der Waals surface area (Å²) in [4.78, 5) is 12.2. The number of aryl methyl sites for hydroxylation is 3. The molecule has 0 spiro atoms. The van der Waals surface area contributed by atoms with Gasteiger partial charge in [-0.25, -0.2) is 8.42 Å². The lowest BCUT2D eigenvalue weighted by atomic mass is 9.78. The van der Waals surface area contributed by atoms with Crippen molar-refractivity contribution in [3.05, 3.63) is 81.4 Å². The first-order valence-corrected chi connectivity index (χ1v) is 11.8. The van der Waals surface area contributed by atoms with E-state index in [9.17, 15) is 29.1 Å². The Balaban J connectivity index is 2.15. The van der Waals surface area contributed by atoms with Crippen LogP contribution in [0.1, 0.15) is 28.7 Å². The van der Waals surface area contributed by atoms with Crippen LogP contribution in [0.15, 0.2) is 53.9 Å². The van der Waals surface area contributed by atoms with E-state index in [2.05, 4.69) is 6.58 Å². The standard InChI is InChI=1S/C24H22N4O4S/c1-5-18-12-23(13-25,14-26)22-24(18,28(29)30)19-8-6-7-9-20(19)27(22)33(31,32)21-16(3)10-15(2)11-17(21)4/h5-11,18,22H,1,12H2,2-4H3/t18-,22-,24+/m1/s1. The molecule has 2 aliphatic rings. The molecule has 1 heterocycles. The zero-order valence-electron chi connectivity index (χ0n) is 18.4. The average Bonchev–Trinajstić information content (AvgIpc) is 3.22. The third-order valence-electron chi connectivity index (χ3n) is 6.91. The summed E-state index contributed by atoms with van der Waals surface area (Å²) in [6, 6.07) is 12.0. The van der Waals surface area contributed by atoms with Crippen LogP contribution >= 0.6 is 0 Å². The summed E-state index contributed by atoms with van der Waals surface area (Å²) in [5, 5.41) is 33.0. The number of nitro groups is 1. The maximum atomic E-state index is 14.2. The third kappa shape index (κ3) is 2.63. The number of anilines is 1. The van der Waals surface area contributed by atoms with E-state index in [1.165, 1.54) is 18.2 Å². The van der Waals surface area contributed by atoms with Gasteiger partial charge < -0.3 is 0 Å². The molecule has 0 bridgehead atoms. The fourth-order valence-corrected chi connectivity index (χ4v) is 8.00. The van der Waals surface area contributed by atoms with Crippen molar-refractivity contribution in [3.63, 3.8) is 0 Å². The lowest BCUT2D eigenvalue weighted by Gasteiger charge is -2.33. The molecule has 0 unspecified atom stereocenters. The number of hydrogen-bond donors (Lipinski definition) is 0. The average molecular weight is 463 g/mol. The number of para-hydroxylation sites is 1. The zero-order chi connectivity index (χ0) is 24.3. The second kappa shape index (κ2) is 7.16. The van der Waals surface area contributed by atoms with Crippen LogP contribution in [0.25, 0.3) is 0 Å². The molecule has 1 aliphatic carbocycles. The number of hydrogen-bond acceptors (Lipinski definition) is 6. The van der Waals surface area contributed by atoms with E-state index >= 15 is 0 Å². The second-order valence-corrected chi connectivity index (χ2v) is 10.5. The molecule has 0 amide bonds. The number of nitrogens with zero attached hydrogens (tertiary/aromatic N) is 4. The highest BCUT2D eigenvalue weighted by molar-refractivity contribution is 7.93. The van der Waals surface area contributed by atoms with E-state index in [0.29, 0.717) is 11.1 Å². The molecule has 0 N–H and O–H groups in total. The van der Waals surface area contributed by atoms with Crippen molar-refractivity contribution in [2.24, 2.45) is 11.3 Å². The Morgan fingerprint density at radius 1 is 1.18 bits per heavy atom. The van der Waals surface area contributed by atoms with Crippen LogP contribution in [0.4, 0.5) is 5.69 Å². The molecular weight excluding hydrogens is 440 g/mol. The fraction of sp³-hybridized carbons (Fsp3) is 0.333. The molecule has 168 valence electrons. The maximum absolute atomic E-state index is 14.2. The highest BCUT2D eigenvalue weighted by Gasteiger charge is 2.78. The molecule has 4 rings (SSSR count). The topological polar surface area (TPSA) is 128 Å². The maximum Gasteiger partial charge on any atom is 0.279 e. The Morgan fingerprint density at radius 2 is 1.76 bits per heavy atom. The summed E-state index contributed by atoms with van der Waals surface area (Å²) in [5.74, 6) is -0.918. The van der Waals surface area contributed by atoms with Gasteiger partial charge in [-0.1, -0.05) is 35.9 Å². The van der Waals surface area contributed by atoms with Crippen molar-refractivity contribution in [1.29, 1.82) is 10.5 Å². The summed E-state index contributed by atoms with van der Waals surface area (Å²) in [6.07, 6.45) is 1.17. The highest BCUT2D eigenvalue weighted by atomic mass is 32.2. The fourth-order valence-electron chi connectivity index (χ4n) is 5.84. The van der Waals surface area contributed by atoms with Crippen molar-refractivity contribution < 1.29 is 13.3 Å². The summed E-state index contributed by atoms with van der Waals surface area (Å²) >= 11 is 0. The van der Waals surface area contributed by atoms with Crippen LogP contribution in [-0.4, -0.2) is 19.4 Å². The lowest BCUT2D eigenvalue weighted by molar-refractivity contribution is -0.585. The van der Waals surface area contributed by atoms with Gasteiger partial charge in [0.15, 0.2) is 11.5 Å². The summed E-state index contributed by atoms with van der Waals surface area (Å²) in [5.41, 5.74) is -1.82. The van der Waals surface area contributed by atoms with E-state index in [1.807, 2.05) is 19.1 Å². The predicted octanol–water partition coefficient (Wildman–Crippen LogP) is 3.90. The first-order valence-electron chi connectivity index (χ1n) is 10.3. The second-order valence-electron chi connectivity index (χ2n) is 8.77. The van der Waals surface area contributed by atoms with Crippen molar-refractivity contribution in [2.45, 2.75) is 43.7 Å². The highest BCUT2D eigenvalue weighted by Crippen LogP contribution is 2.64. The minimum absolute atomic E-state index is 0.0221. The van der Waals surface area contributed by atoms with Crippen LogP contribution in [0.2, 0.25) is 0 Å². The van der Waals surface area contributed by atoms with Crippen molar-refractivity contribution in [3.8, 4) is 12.1 Å². The quantitative estimate of drug-likeness (QED) is 0.385. The normalized spacial score (nSPS) is 24.9. The van der Waals surface area contributed by atoms with Gasteiger partial charge in [-0.2, -0.15) is 10.5 Å². The molecule has 1 fully saturated rings. The Labute approximate surface area is 192 Å². The molecule has 8 nitrogen and oxygen atoms in total. The van der Waals surface area contributed by atoms with E-state index in [0.717, 1.165) is 9.87 Å². The van der Waals surface area contributed by atoms with Crippen molar-refractivity contribution in [2.75, 3.05) is 4.31 Å². The molecule has 1 saturated carbocycles. The van der Waals surface area contributed by atoms with Gasteiger partial charge in [0.05, 0.1) is 34.2 Å². The summed E-state index contributed by atoms with van der Waals surface area (Å²) in [6.45, 7) is 8.91. The molecule has 2 aromatic carbocycles. The predicted molar refractivity (Wildman–Crippen MR) is 121 cm³/mol. The Bertz CT molecular complexity index is 1370. The van der Waals surface area contributed by atoms with Gasteiger partial charge in [-0.05, 0) is 50.5 Å². The van der Waals surface area contributed by atoms with Crippen LogP contribution in [-0.2, 0) is 15.6 Å². The largest absolute Gasteiger partial charge is 0.279 e. The minimum Gasteiger partial charge on any atom is -0.263 e. The molecule has 33 heavy (non-hydrogen) atoms. The monoisotopic (exact) mass is 462 g/mol. The Hall–Kier alpha value is -3.69. The molecule has 1 aliphatic heterocycles. The summed E-state index contributed by atoms with van der Waals surface area (Å²) < 4.78 is 29.4. The lowest BCUT2D eigenvalue weighted by Crippen LogP contribution is -2.55. The molecule has 0 saturated heterocycles. The molecule has 3 atom stereocenters. The molecular formula is C24H22N4O4S. The van der Waals surface area contributed by atoms with Crippen LogP contribution < -0.4 is 4.31 Å². The number of sulfonamides is 1. The van der Waals surface area contributed by atoms with E-state index in [-0.39, 0.29) is 22.6 Å². The molecule has 0 radical (unpaired) electrons. The first kappa shape index (κ1) is 22.5. The van der Waals surface area contributed by atoms with Crippen LogP contribution in [0.5, 0.6) is 0 Å². The summed E-state index contributed by atoms with van der Waals surface area (Å²) in [7, 11) is -4.39. The van der Waals surface area contributed by atoms with Gasteiger partial charge in [0.1, 0.15) is 0 Å². The van der Waals surface area contributed by atoms with Gasteiger partial charge in [0.25, 0.3) is 15.6 Å². The van der Waals surface area contributed by atoms with Crippen molar-refractivity contribution in [1.82, 2.24) is 0 Å². The van der Waals surface area contributed by atoms with Crippen molar-refractivity contribution >= 4 is 15.7 Å². The molecule has 9 heteroatoms. The van der Waals surface area contributed by atoms with E-state index < -0.39 is 37.9 Å². The third-order valence-corrected chi connectivity index (χ3v) is 8.99. The Kier molecular flexibility index (Phi) is 4.88. The van der Waals surface area contributed by atoms with E-state index in [1.54, 1.807) is 38.1 Å². The Morgan fingerprint density at radius 3 is 2.27 bits per heavy atom. The minimum atomic E-state index is -4.39. The van der Waals surface area contributed by atoms with Crippen LogP contribution in [0.3, 0.4) is 0 Å². The zero-order valence-corrected chi connectivity index (χ0v) is 19.3. The van der Waals surface area contributed by atoms with Gasteiger partial charge in [-0.3, -0.25) is 14.4 Å². The number of nitriles is 2. The van der Waals surface area contributed by atoms with Gasteiger partial charge in [0.2, 0.25) is 0 Å². The number of fused-ring (bicyclic) bond motifs is 3. The number of benzene rings is 2. The van der Waals surface area contributed by atoms with Gasteiger partial charge >= 0.3 is 0 Å². The molecule has 0 aromatic heterocycles. The first-order chi connectivity index (χ1) is 15.5. The number of rotatable bonds is 4. The van der Waals surface area contributed by atoms with Gasteiger partial charge in [0, 0.05) is 4.92 Å². The van der Waals surface area contributed by atoms with E-state index in [4.69, 9.17) is 0 Å².